The highest BCUT2D eigenvalue weighted by Crippen LogP contribution is 2.24. The molecule has 3 amide bonds. The fourth-order valence-electron chi connectivity index (χ4n) is 3.93. The number of nitrogens with zero attached hydrogens (tertiary/aromatic N) is 3. The fourth-order valence-corrected chi connectivity index (χ4v) is 3.93. The molecule has 1 atom stereocenters. The van der Waals surface area contributed by atoms with Crippen LogP contribution in [0.3, 0.4) is 0 Å². The van der Waals surface area contributed by atoms with Crippen LogP contribution in [0.2, 0.25) is 0 Å². The van der Waals surface area contributed by atoms with Crippen molar-refractivity contribution in [1.82, 2.24) is 19.4 Å². The van der Waals surface area contributed by atoms with E-state index in [-0.39, 0.29) is 37.1 Å². The lowest BCUT2D eigenvalue weighted by molar-refractivity contribution is -0.135. The smallest absolute Gasteiger partial charge is 0.409 e. The van der Waals surface area contributed by atoms with Crippen LogP contribution >= 0.6 is 0 Å². The van der Waals surface area contributed by atoms with Crippen LogP contribution in [-0.4, -0.2) is 65.4 Å². The number of rotatable bonds is 9. The van der Waals surface area contributed by atoms with E-state index in [0.29, 0.717) is 42.8 Å². The molecule has 1 aliphatic heterocycles. The number of ether oxygens (including phenoxy) is 2. The highest BCUT2D eigenvalue weighted by Gasteiger charge is 2.31. The Kier molecular flexibility index (Phi) is 9.09. The number of fused-ring (bicyclic) bond motifs is 1. The first-order valence-electron chi connectivity index (χ1n) is 11.8. The maximum absolute atomic E-state index is 12.9. The summed E-state index contributed by atoms with van der Waals surface area (Å²) in [6.45, 7) is 3.63. The summed E-state index contributed by atoms with van der Waals surface area (Å²) < 4.78 is 13.6. The van der Waals surface area contributed by atoms with Gasteiger partial charge in [-0.1, -0.05) is 31.3 Å². The molecule has 1 aromatic carbocycles. The summed E-state index contributed by atoms with van der Waals surface area (Å²) in [5.74, 6) is 5.21. The van der Waals surface area contributed by atoms with Crippen molar-refractivity contribution in [3.63, 3.8) is 0 Å². The quantitative estimate of drug-likeness (QED) is 0.331. The van der Waals surface area contributed by atoms with Gasteiger partial charge in [0.25, 0.3) is 0 Å². The fraction of sp³-hybridized carbons (Fsp3) is 0.520. The van der Waals surface area contributed by atoms with Gasteiger partial charge in [-0.15, -0.1) is 0 Å². The number of aryl methyl sites for hydroxylation is 1. The Hall–Kier alpha value is -3.58. The van der Waals surface area contributed by atoms with Gasteiger partial charge in [0.2, 0.25) is 11.8 Å². The number of benzene rings is 1. The van der Waals surface area contributed by atoms with Crippen LogP contribution in [-0.2, 0) is 26.1 Å². The Morgan fingerprint density at radius 3 is 2.77 bits per heavy atom. The van der Waals surface area contributed by atoms with Crippen LogP contribution in [0.15, 0.2) is 23.0 Å². The summed E-state index contributed by atoms with van der Waals surface area (Å²) >= 11 is 0. The Labute approximate surface area is 204 Å². The third-order valence-electron chi connectivity index (χ3n) is 5.84. The molecule has 1 N–H and O–H groups in total. The van der Waals surface area contributed by atoms with Gasteiger partial charge in [0.05, 0.1) is 23.2 Å². The maximum atomic E-state index is 12.9. The van der Waals surface area contributed by atoms with Crippen molar-refractivity contribution in [2.75, 3.05) is 33.4 Å². The molecule has 0 saturated carbocycles. The topological polar surface area (TPSA) is 112 Å². The first-order valence-corrected chi connectivity index (χ1v) is 11.8. The van der Waals surface area contributed by atoms with Gasteiger partial charge in [0.1, 0.15) is 12.6 Å². The van der Waals surface area contributed by atoms with Crippen LogP contribution < -0.4 is 11.0 Å². The molecule has 1 saturated heterocycles. The summed E-state index contributed by atoms with van der Waals surface area (Å²) in [5.41, 5.74) is 1.52. The maximum Gasteiger partial charge on any atom is 0.409 e. The molecular formula is C25H32N4O6. The number of carbonyl (C=O) groups excluding carboxylic acids is 3. The van der Waals surface area contributed by atoms with E-state index in [2.05, 4.69) is 17.2 Å². The molecular weight excluding hydrogens is 452 g/mol. The van der Waals surface area contributed by atoms with E-state index in [1.165, 1.54) is 14.0 Å². The minimum Gasteiger partial charge on any atom is -0.449 e. The largest absolute Gasteiger partial charge is 0.449 e. The molecule has 35 heavy (non-hydrogen) atoms. The van der Waals surface area contributed by atoms with Crippen molar-refractivity contribution in [1.29, 1.82) is 0 Å². The minimum absolute atomic E-state index is 0.186. The number of nitrogens with one attached hydrogen (secondary N) is 1. The lowest BCUT2D eigenvalue weighted by atomic mass is 10.1. The molecule has 188 valence electrons. The molecule has 0 radical (unpaired) electrons. The average Bonchev–Trinajstić information content (AvgIpc) is 3.09. The first-order chi connectivity index (χ1) is 16.8. The predicted octanol–water partition coefficient (Wildman–Crippen LogP) is 1.94. The third kappa shape index (κ3) is 6.31. The molecule has 2 heterocycles. The van der Waals surface area contributed by atoms with Crippen LogP contribution in [0.25, 0.3) is 11.0 Å². The normalized spacial score (nSPS) is 15.5. The summed E-state index contributed by atoms with van der Waals surface area (Å²) in [4.78, 5) is 50.1. The van der Waals surface area contributed by atoms with Gasteiger partial charge in [-0.3, -0.25) is 24.0 Å². The summed E-state index contributed by atoms with van der Waals surface area (Å²) in [7, 11) is 3.33. The lowest BCUT2D eigenvalue weighted by Gasteiger charge is -2.21. The van der Waals surface area contributed by atoms with Gasteiger partial charge in [0.15, 0.2) is 0 Å². The van der Waals surface area contributed by atoms with E-state index >= 15 is 0 Å². The molecule has 3 rings (SSSR count). The van der Waals surface area contributed by atoms with Gasteiger partial charge < -0.3 is 14.4 Å². The van der Waals surface area contributed by atoms with Crippen molar-refractivity contribution in [3.05, 3.63) is 34.2 Å². The summed E-state index contributed by atoms with van der Waals surface area (Å²) in [5, 5.41) is 2.31. The number of piperidine rings is 1. The molecule has 0 spiro atoms. The molecule has 1 aromatic heterocycles. The van der Waals surface area contributed by atoms with Gasteiger partial charge in [0, 0.05) is 33.7 Å². The number of unbranched alkanes of at least 4 members (excludes halogenated alkanes) is 1. The first kappa shape index (κ1) is 26.0. The average molecular weight is 485 g/mol. The van der Waals surface area contributed by atoms with E-state index < -0.39 is 11.9 Å². The second-order valence-corrected chi connectivity index (χ2v) is 8.45. The number of hydrogen-bond acceptors (Lipinski definition) is 6. The van der Waals surface area contributed by atoms with Crippen LogP contribution in [0.1, 0.15) is 50.6 Å². The van der Waals surface area contributed by atoms with Gasteiger partial charge in [-0.25, -0.2) is 9.59 Å². The highest BCUT2D eigenvalue weighted by atomic mass is 16.6. The number of imidazole rings is 1. The highest BCUT2D eigenvalue weighted by molar-refractivity contribution is 6.00. The Morgan fingerprint density at radius 2 is 2.03 bits per heavy atom. The molecule has 1 unspecified atom stereocenters. The second-order valence-electron chi connectivity index (χ2n) is 8.45. The zero-order valence-corrected chi connectivity index (χ0v) is 20.5. The Balaban J connectivity index is 1.59. The number of carbonyl (C=O) groups is 3. The molecule has 0 bridgehead atoms. The standard InChI is InChI=1S/C25H32N4O6/c1-4-5-17-35-25(33)27(2)14-8-16-34-15-7-10-18-9-6-11-19-22(18)28(3)24(32)29(19)20-12-13-21(30)26-23(20)31/h6,9,11,20H,4-5,8,12-17H2,1-3H3,(H,26,30,31). The summed E-state index contributed by atoms with van der Waals surface area (Å²) in [6, 6.07) is 4.62. The molecule has 10 heteroatoms. The van der Waals surface area contributed by atoms with Crippen molar-refractivity contribution in [3.8, 4) is 11.8 Å². The zero-order valence-electron chi connectivity index (χ0n) is 20.5. The van der Waals surface area contributed by atoms with E-state index in [0.717, 1.165) is 12.8 Å². The van der Waals surface area contributed by atoms with E-state index in [1.807, 2.05) is 13.0 Å². The number of imide groups is 1. The Bertz CT molecular complexity index is 1200. The molecule has 1 fully saturated rings. The predicted molar refractivity (Wildman–Crippen MR) is 130 cm³/mol. The number of hydrogen-bond donors (Lipinski definition) is 1. The molecule has 0 aliphatic carbocycles. The van der Waals surface area contributed by atoms with Crippen LogP contribution in [0.4, 0.5) is 4.79 Å². The minimum atomic E-state index is -0.738. The second kappa shape index (κ2) is 12.2. The van der Waals surface area contributed by atoms with Crippen molar-refractivity contribution < 1.29 is 23.9 Å². The number of amides is 3. The van der Waals surface area contributed by atoms with E-state index in [4.69, 9.17) is 9.47 Å². The monoisotopic (exact) mass is 484 g/mol. The zero-order chi connectivity index (χ0) is 25.4. The van der Waals surface area contributed by atoms with Gasteiger partial charge >= 0.3 is 11.8 Å². The molecule has 10 nitrogen and oxygen atoms in total. The van der Waals surface area contributed by atoms with E-state index in [1.54, 1.807) is 26.2 Å². The number of aromatic nitrogens is 2. The molecule has 1 aliphatic rings. The van der Waals surface area contributed by atoms with Gasteiger partial charge in [-0.2, -0.15) is 0 Å². The van der Waals surface area contributed by atoms with Crippen molar-refractivity contribution in [2.24, 2.45) is 7.05 Å². The van der Waals surface area contributed by atoms with E-state index in [9.17, 15) is 19.2 Å². The van der Waals surface area contributed by atoms with Crippen LogP contribution in [0, 0.1) is 11.8 Å². The van der Waals surface area contributed by atoms with Crippen molar-refractivity contribution >= 4 is 28.9 Å². The van der Waals surface area contributed by atoms with Gasteiger partial charge in [-0.05, 0) is 31.4 Å². The van der Waals surface area contributed by atoms with Crippen LogP contribution in [0.5, 0.6) is 0 Å². The number of para-hydroxylation sites is 1. The summed E-state index contributed by atoms with van der Waals surface area (Å²) in [6.07, 6.45) is 2.61. The lowest BCUT2D eigenvalue weighted by Crippen LogP contribution is -2.44. The molecule has 2 aromatic rings. The SMILES string of the molecule is CCCCOC(=O)N(C)CCCOCC#Cc1cccc2c1n(C)c(=O)n2C1CCC(=O)NC1=O. The third-order valence-corrected chi connectivity index (χ3v) is 5.84. The Morgan fingerprint density at radius 1 is 1.23 bits per heavy atom. The van der Waals surface area contributed by atoms with Crippen molar-refractivity contribution in [2.45, 2.75) is 45.1 Å².